The zero-order chi connectivity index (χ0) is 18.4. The van der Waals surface area contributed by atoms with Crippen molar-refractivity contribution in [3.63, 3.8) is 0 Å². The first-order valence-electron chi connectivity index (χ1n) is 9.08. The monoisotopic (exact) mass is 372 g/mol. The molecule has 2 aromatic carbocycles. The third-order valence-electron chi connectivity index (χ3n) is 4.91. The Morgan fingerprint density at radius 1 is 0.962 bits per heavy atom. The van der Waals surface area contributed by atoms with Crippen LogP contribution in [0.3, 0.4) is 0 Å². The van der Waals surface area contributed by atoms with Crippen LogP contribution in [0.2, 0.25) is 0 Å². The highest BCUT2D eigenvalue weighted by Crippen LogP contribution is 2.41. The van der Waals surface area contributed by atoms with Crippen LogP contribution >= 0.6 is 11.8 Å². The second-order valence-electron chi connectivity index (χ2n) is 6.39. The predicted octanol–water partition coefficient (Wildman–Crippen LogP) is 3.81. The molecule has 26 heavy (non-hydrogen) atoms. The van der Waals surface area contributed by atoms with E-state index in [0.29, 0.717) is 0 Å². The third kappa shape index (κ3) is 4.17. The standard InChI is InChI=1S/C21H28N2O2S/c1-24-18-6-4-7-19(25-2)20(18)21(23-14-5-12-22-13-15-23)16-8-10-17(26-3)11-9-16/h4,6-11,21-22H,5,12-15H2,1-3H3. The summed E-state index contributed by atoms with van der Waals surface area (Å²) in [6.45, 7) is 4.11. The number of thioether (sulfide) groups is 1. The zero-order valence-corrected chi connectivity index (χ0v) is 16.6. The van der Waals surface area contributed by atoms with Crippen LogP contribution in [-0.2, 0) is 0 Å². The van der Waals surface area contributed by atoms with Crippen molar-refractivity contribution >= 4 is 11.8 Å². The fourth-order valence-electron chi connectivity index (χ4n) is 3.62. The Hall–Kier alpha value is -1.69. The van der Waals surface area contributed by atoms with Gasteiger partial charge < -0.3 is 14.8 Å². The van der Waals surface area contributed by atoms with Gasteiger partial charge in [0.25, 0.3) is 0 Å². The number of hydrogen-bond donors (Lipinski definition) is 1. The summed E-state index contributed by atoms with van der Waals surface area (Å²) < 4.78 is 11.5. The molecule has 0 radical (unpaired) electrons. The molecule has 0 aromatic heterocycles. The number of benzene rings is 2. The van der Waals surface area contributed by atoms with Gasteiger partial charge in [-0.1, -0.05) is 18.2 Å². The molecule has 0 amide bonds. The van der Waals surface area contributed by atoms with Gasteiger partial charge in [-0.25, -0.2) is 0 Å². The van der Waals surface area contributed by atoms with Crippen LogP contribution in [0, 0.1) is 0 Å². The van der Waals surface area contributed by atoms with Crippen LogP contribution in [0.25, 0.3) is 0 Å². The Balaban J connectivity index is 2.10. The van der Waals surface area contributed by atoms with Crippen molar-refractivity contribution < 1.29 is 9.47 Å². The van der Waals surface area contributed by atoms with E-state index in [1.807, 2.05) is 18.2 Å². The average Bonchev–Trinajstić information content (AvgIpc) is 2.98. The highest BCUT2D eigenvalue weighted by molar-refractivity contribution is 7.98. The fraction of sp³-hybridized carbons (Fsp3) is 0.429. The summed E-state index contributed by atoms with van der Waals surface area (Å²) in [5.74, 6) is 1.75. The molecule has 1 fully saturated rings. The van der Waals surface area contributed by atoms with Crippen molar-refractivity contribution in [1.29, 1.82) is 0 Å². The molecule has 2 aromatic rings. The topological polar surface area (TPSA) is 33.7 Å². The molecule has 1 N–H and O–H groups in total. The lowest BCUT2D eigenvalue weighted by molar-refractivity contribution is 0.231. The molecule has 1 aliphatic rings. The third-order valence-corrected chi connectivity index (χ3v) is 5.65. The van der Waals surface area contributed by atoms with E-state index < -0.39 is 0 Å². The maximum atomic E-state index is 5.73. The Morgan fingerprint density at radius 2 is 1.65 bits per heavy atom. The molecular formula is C21H28N2O2S. The Morgan fingerprint density at radius 3 is 2.27 bits per heavy atom. The minimum Gasteiger partial charge on any atom is -0.496 e. The summed E-state index contributed by atoms with van der Waals surface area (Å²) in [6, 6.07) is 15.0. The van der Waals surface area contributed by atoms with Crippen LogP contribution < -0.4 is 14.8 Å². The highest BCUT2D eigenvalue weighted by atomic mass is 32.2. The Kier molecular flexibility index (Phi) is 6.83. The average molecular weight is 373 g/mol. The largest absolute Gasteiger partial charge is 0.496 e. The van der Waals surface area contributed by atoms with E-state index in [9.17, 15) is 0 Å². The van der Waals surface area contributed by atoms with E-state index in [4.69, 9.17) is 9.47 Å². The van der Waals surface area contributed by atoms with E-state index >= 15 is 0 Å². The fourth-order valence-corrected chi connectivity index (χ4v) is 4.03. The number of methoxy groups -OCH3 is 2. The summed E-state index contributed by atoms with van der Waals surface area (Å²) in [4.78, 5) is 3.81. The maximum Gasteiger partial charge on any atom is 0.127 e. The predicted molar refractivity (Wildman–Crippen MR) is 109 cm³/mol. The Bertz CT molecular complexity index is 675. The van der Waals surface area contributed by atoms with Crippen molar-refractivity contribution in [3.8, 4) is 11.5 Å². The quantitative estimate of drug-likeness (QED) is 0.780. The second kappa shape index (κ2) is 9.31. The van der Waals surface area contributed by atoms with E-state index in [1.54, 1.807) is 26.0 Å². The van der Waals surface area contributed by atoms with Crippen molar-refractivity contribution in [2.75, 3.05) is 46.7 Å². The van der Waals surface area contributed by atoms with Gasteiger partial charge in [-0.05, 0) is 49.1 Å². The molecule has 1 saturated heterocycles. The van der Waals surface area contributed by atoms with Gasteiger partial charge in [0.1, 0.15) is 11.5 Å². The molecule has 0 spiro atoms. The summed E-state index contributed by atoms with van der Waals surface area (Å²) in [5, 5.41) is 3.50. The van der Waals surface area contributed by atoms with Gasteiger partial charge in [0, 0.05) is 24.5 Å². The lowest BCUT2D eigenvalue weighted by atomic mass is 9.95. The molecule has 0 saturated carbocycles. The molecule has 5 heteroatoms. The summed E-state index contributed by atoms with van der Waals surface area (Å²) in [5.41, 5.74) is 2.38. The van der Waals surface area contributed by atoms with Crippen LogP contribution in [0.4, 0.5) is 0 Å². The molecule has 1 unspecified atom stereocenters. The normalized spacial score (nSPS) is 16.7. The van der Waals surface area contributed by atoms with Gasteiger partial charge in [0.05, 0.1) is 25.8 Å². The molecule has 1 aliphatic heterocycles. The van der Waals surface area contributed by atoms with Crippen molar-refractivity contribution in [3.05, 3.63) is 53.6 Å². The lowest BCUT2D eigenvalue weighted by Crippen LogP contribution is -2.33. The number of ether oxygens (including phenoxy) is 2. The van der Waals surface area contributed by atoms with Gasteiger partial charge >= 0.3 is 0 Å². The minimum atomic E-state index is 0.108. The van der Waals surface area contributed by atoms with Crippen molar-refractivity contribution in [1.82, 2.24) is 10.2 Å². The first-order valence-corrected chi connectivity index (χ1v) is 10.3. The SMILES string of the molecule is COc1cccc(OC)c1C(c1ccc(SC)cc1)N1CCCNCC1. The van der Waals surface area contributed by atoms with Crippen LogP contribution in [0.15, 0.2) is 47.4 Å². The van der Waals surface area contributed by atoms with E-state index in [-0.39, 0.29) is 6.04 Å². The molecule has 0 bridgehead atoms. The molecular weight excluding hydrogens is 344 g/mol. The first-order chi connectivity index (χ1) is 12.8. The molecule has 1 heterocycles. The van der Waals surface area contributed by atoms with E-state index in [0.717, 1.165) is 49.7 Å². The molecule has 1 atom stereocenters. The molecule has 3 rings (SSSR count). The molecule has 140 valence electrons. The van der Waals surface area contributed by atoms with Crippen LogP contribution in [0.5, 0.6) is 11.5 Å². The number of rotatable bonds is 6. The van der Waals surface area contributed by atoms with Gasteiger partial charge in [-0.3, -0.25) is 4.90 Å². The van der Waals surface area contributed by atoms with E-state index in [1.165, 1.54) is 10.5 Å². The Labute approximate surface area is 160 Å². The smallest absolute Gasteiger partial charge is 0.127 e. The van der Waals surface area contributed by atoms with Crippen LogP contribution in [0.1, 0.15) is 23.6 Å². The highest BCUT2D eigenvalue weighted by Gasteiger charge is 2.28. The molecule has 0 aliphatic carbocycles. The first kappa shape index (κ1) is 19.1. The minimum absolute atomic E-state index is 0.108. The second-order valence-corrected chi connectivity index (χ2v) is 7.27. The van der Waals surface area contributed by atoms with Crippen LogP contribution in [-0.4, -0.2) is 51.6 Å². The summed E-state index contributed by atoms with van der Waals surface area (Å²) in [7, 11) is 3.46. The summed E-state index contributed by atoms with van der Waals surface area (Å²) in [6.07, 6.45) is 3.24. The van der Waals surface area contributed by atoms with Crippen molar-refractivity contribution in [2.45, 2.75) is 17.4 Å². The molecule has 4 nitrogen and oxygen atoms in total. The zero-order valence-electron chi connectivity index (χ0n) is 15.8. The maximum absolute atomic E-state index is 5.73. The van der Waals surface area contributed by atoms with Gasteiger partial charge in [-0.15, -0.1) is 11.8 Å². The summed E-state index contributed by atoms with van der Waals surface area (Å²) >= 11 is 1.77. The van der Waals surface area contributed by atoms with Crippen molar-refractivity contribution in [2.24, 2.45) is 0 Å². The number of nitrogens with zero attached hydrogens (tertiary/aromatic N) is 1. The van der Waals surface area contributed by atoms with E-state index in [2.05, 4.69) is 40.7 Å². The number of hydrogen-bond acceptors (Lipinski definition) is 5. The van der Waals surface area contributed by atoms with Gasteiger partial charge in [0.15, 0.2) is 0 Å². The lowest BCUT2D eigenvalue weighted by Gasteiger charge is -2.33. The number of nitrogens with one attached hydrogen (secondary N) is 1. The van der Waals surface area contributed by atoms with Gasteiger partial charge in [-0.2, -0.15) is 0 Å². The van der Waals surface area contributed by atoms with Gasteiger partial charge in [0.2, 0.25) is 0 Å².